The summed E-state index contributed by atoms with van der Waals surface area (Å²) in [6, 6.07) is 7.36. The van der Waals surface area contributed by atoms with E-state index in [0.717, 1.165) is 11.3 Å². The van der Waals surface area contributed by atoms with Crippen LogP contribution in [0, 0.1) is 12.7 Å². The first-order chi connectivity index (χ1) is 7.58. The molecule has 0 radical (unpaired) electrons. The van der Waals surface area contributed by atoms with Gasteiger partial charge in [0.1, 0.15) is 5.82 Å². The van der Waals surface area contributed by atoms with E-state index in [1.54, 1.807) is 13.0 Å². The fraction of sp³-hybridized carbons (Fsp3) is 0.308. The highest BCUT2D eigenvalue weighted by molar-refractivity contribution is 5.59. The lowest BCUT2D eigenvalue weighted by Crippen LogP contribution is -2.00. The van der Waals surface area contributed by atoms with Gasteiger partial charge < -0.3 is 0 Å². The second-order valence-corrected chi connectivity index (χ2v) is 4.24. The summed E-state index contributed by atoms with van der Waals surface area (Å²) in [5.41, 5.74) is 2.49. The van der Waals surface area contributed by atoms with E-state index in [4.69, 9.17) is 0 Å². The molecule has 0 aliphatic carbocycles. The molecule has 1 aromatic carbocycles. The number of nitrogens with zero attached hydrogens (tertiary/aromatic N) is 2. The zero-order valence-electron chi connectivity index (χ0n) is 9.74. The molecule has 0 atom stereocenters. The molecule has 0 spiro atoms. The van der Waals surface area contributed by atoms with E-state index in [1.165, 1.54) is 6.07 Å². The van der Waals surface area contributed by atoms with Crippen LogP contribution in [0.1, 0.15) is 25.5 Å². The van der Waals surface area contributed by atoms with Crippen molar-refractivity contribution in [3.63, 3.8) is 0 Å². The van der Waals surface area contributed by atoms with Gasteiger partial charge in [0.2, 0.25) is 0 Å². The lowest BCUT2D eigenvalue weighted by Gasteiger charge is -2.04. The highest BCUT2D eigenvalue weighted by Gasteiger charge is 2.06. The molecule has 3 heteroatoms. The SMILES string of the molecule is Cc1cc(-c2ccn(C(C)C)n2)ccc1F. The maximum absolute atomic E-state index is 13.1. The van der Waals surface area contributed by atoms with E-state index in [9.17, 15) is 4.39 Å². The van der Waals surface area contributed by atoms with Gasteiger partial charge in [-0.15, -0.1) is 0 Å². The maximum atomic E-state index is 13.1. The summed E-state index contributed by atoms with van der Waals surface area (Å²) in [4.78, 5) is 0. The summed E-state index contributed by atoms with van der Waals surface area (Å²) in [5.74, 6) is -0.174. The number of rotatable bonds is 2. The molecule has 0 N–H and O–H groups in total. The number of aryl methyl sites for hydroxylation is 1. The Labute approximate surface area is 94.7 Å². The molecule has 16 heavy (non-hydrogen) atoms. The Morgan fingerprint density at radius 1 is 1.25 bits per heavy atom. The van der Waals surface area contributed by atoms with E-state index in [-0.39, 0.29) is 5.82 Å². The molecule has 0 aliphatic heterocycles. The van der Waals surface area contributed by atoms with Gasteiger partial charge in [-0.3, -0.25) is 4.68 Å². The Hall–Kier alpha value is -1.64. The van der Waals surface area contributed by atoms with Gasteiger partial charge in [0, 0.05) is 17.8 Å². The van der Waals surface area contributed by atoms with Crippen LogP contribution in [0.25, 0.3) is 11.3 Å². The predicted molar refractivity (Wildman–Crippen MR) is 62.7 cm³/mol. The molecule has 2 aromatic rings. The first-order valence-corrected chi connectivity index (χ1v) is 5.39. The van der Waals surface area contributed by atoms with Gasteiger partial charge in [-0.2, -0.15) is 5.10 Å². The predicted octanol–water partition coefficient (Wildman–Crippen LogP) is 3.58. The van der Waals surface area contributed by atoms with Gasteiger partial charge in [0.15, 0.2) is 0 Å². The molecule has 0 fully saturated rings. The average Bonchev–Trinajstić information content (AvgIpc) is 2.71. The lowest BCUT2D eigenvalue weighted by molar-refractivity contribution is 0.534. The van der Waals surface area contributed by atoms with Crippen molar-refractivity contribution in [1.82, 2.24) is 9.78 Å². The minimum Gasteiger partial charge on any atom is -0.270 e. The zero-order valence-corrected chi connectivity index (χ0v) is 9.74. The highest BCUT2D eigenvalue weighted by atomic mass is 19.1. The molecule has 0 unspecified atom stereocenters. The van der Waals surface area contributed by atoms with E-state index in [1.807, 2.05) is 23.0 Å². The summed E-state index contributed by atoms with van der Waals surface area (Å²) in [6.45, 7) is 5.91. The van der Waals surface area contributed by atoms with E-state index < -0.39 is 0 Å². The van der Waals surface area contributed by atoms with Crippen LogP contribution < -0.4 is 0 Å². The Balaban J connectivity index is 2.39. The summed E-state index contributed by atoms with van der Waals surface area (Å²) < 4.78 is 15.0. The third-order valence-corrected chi connectivity index (χ3v) is 2.59. The normalized spacial score (nSPS) is 11.1. The van der Waals surface area contributed by atoms with E-state index >= 15 is 0 Å². The number of benzene rings is 1. The van der Waals surface area contributed by atoms with Crippen molar-refractivity contribution < 1.29 is 4.39 Å². The third-order valence-electron chi connectivity index (χ3n) is 2.59. The van der Waals surface area contributed by atoms with Gasteiger partial charge >= 0.3 is 0 Å². The smallest absolute Gasteiger partial charge is 0.126 e. The van der Waals surface area contributed by atoms with Crippen LogP contribution in [0.2, 0.25) is 0 Å². The first kappa shape index (κ1) is 10.9. The summed E-state index contributed by atoms with van der Waals surface area (Å²) in [7, 11) is 0. The van der Waals surface area contributed by atoms with Gasteiger partial charge in [0.05, 0.1) is 5.69 Å². The Kier molecular flexibility index (Phi) is 2.77. The molecular formula is C13H15FN2. The Morgan fingerprint density at radius 2 is 2.00 bits per heavy atom. The number of halogens is 1. The van der Waals surface area contributed by atoms with Gasteiger partial charge in [-0.1, -0.05) is 0 Å². The molecule has 1 heterocycles. The number of hydrogen-bond acceptors (Lipinski definition) is 1. The maximum Gasteiger partial charge on any atom is 0.126 e. The Bertz CT molecular complexity index is 500. The quantitative estimate of drug-likeness (QED) is 0.753. The van der Waals surface area contributed by atoms with Crippen molar-refractivity contribution in [1.29, 1.82) is 0 Å². The zero-order chi connectivity index (χ0) is 11.7. The molecule has 2 nitrogen and oxygen atoms in total. The summed E-state index contributed by atoms with van der Waals surface area (Å²) >= 11 is 0. The minimum absolute atomic E-state index is 0.174. The van der Waals surface area contributed by atoms with Crippen molar-refractivity contribution >= 4 is 0 Å². The molecule has 0 amide bonds. The second-order valence-electron chi connectivity index (χ2n) is 4.24. The summed E-state index contributed by atoms with van der Waals surface area (Å²) in [6.07, 6.45) is 1.94. The van der Waals surface area contributed by atoms with Crippen LogP contribution in [0.3, 0.4) is 0 Å². The fourth-order valence-corrected chi connectivity index (χ4v) is 1.58. The summed E-state index contributed by atoms with van der Waals surface area (Å²) in [5, 5.41) is 4.44. The first-order valence-electron chi connectivity index (χ1n) is 5.39. The highest BCUT2D eigenvalue weighted by Crippen LogP contribution is 2.20. The molecular weight excluding hydrogens is 203 g/mol. The second kappa shape index (κ2) is 4.08. The number of hydrogen-bond donors (Lipinski definition) is 0. The fourth-order valence-electron chi connectivity index (χ4n) is 1.58. The number of aromatic nitrogens is 2. The largest absolute Gasteiger partial charge is 0.270 e. The van der Waals surface area contributed by atoms with Gasteiger partial charge in [-0.25, -0.2) is 4.39 Å². The van der Waals surface area contributed by atoms with Crippen LogP contribution >= 0.6 is 0 Å². The minimum atomic E-state index is -0.174. The third kappa shape index (κ3) is 1.98. The van der Waals surface area contributed by atoms with Crippen molar-refractivity contribution in [2.24, 2.45) is 0 Å². The van der Waals surface area contributed by atoms with Crippen LogP contribution in [0.15, 0.2) is 30.5 Å². The van der Waals surface area contributed by atoms with Crippen LogP contribution in [-0.4, -0.2) is 9.78 Å². The lowest BCUT2D eigenvalue weighted by atomic mass is 10.1. The standard InChI is InChI=1S/C13H15FN2/c1-9(2)16-7-6-13(15-16)11-4-5-12(14)10(3)8-11/h4-9H,1-3H3. The van der Waals surface area contributed by atoms with E-state index in [0.29, 0.717) is 11.6 Å². The van der Waals surface area contributed by atoms with E-state index in [2.05, 4.69) is 18.9 Å². The molecule has 84 valence electrons. The van der Waals surface area contributed by atoms with Crippen molar-refractivity contribution in [3.05, 3.63) is 41.8 Å². The van der Waals surface area contributed by atoms with Gasteiger partial charge in [-0.05, 0) is 50.6 Å². The average molecular weight is 218 g/mol. The van der Waals surface area contributed by atoms with Crippen molar-refractivity contribution in [2.45, 2.75) is 26.8 Å². The van der Waals surface area contributed by atoms with Crippen LogP contribution in [-0.2, 0) is 0 Å². The molecule has 0 aliphatic rings. The molecule has 2 rings (SSSR count). The monoisotopic (exact) mass is 218 g/mol. The van der Waals surface area contributed by atoms with Crippen molar-refractivity contribution in [2.75, 3.05) is 0 Å². The molecule has 0 saturated carbocycles. The molecule has 0 saturated heterocycles. The van der Waals surface area contributed by atoms with Gasteiger partial charge in [0.25, 0.3) is 0 Å². The molecule has 0 bridgehead atoms. The van der Waals surface area contributed by atoms with Crippen molar-refractivity contribution in [3.8, 4) is 11.3 Å². The molecule has 1 aromatic heterocycles. The van der Waals surface area contributed by atoms with Crippen LogP contribution in [0.4, 0.5) is 4.39 Å². The van der Waals surface area contributed by atoms with Crippen LogP contribution in [0.5, 0.6) is 0 Å². The Morgan fingerprint density at radius 3 is 2.56 bits per heavy atom. The topological polar surface area (TPSA) is 17.8 Å².